The molecule has 1 N–H and O–H groups in total. The van der Waals surface area contributed by atoms with E-state index in [2.05, 4.69) is 22.1 Å². The van der Waals surface area contributed by atoms with Crippen molar-refractivity contribution in [3.8, 4) is 0 Å². The molecule has 3 rings (SSSR count). The Morgan fingerprint density at radius 2 is 1.86 bits per heavy atom. The van der Waals surface area contributed by atoms with Crippen molar-refractivity contribution < 1.29 is 14.3 Å². The lowest BCUT2D eigenvalue weighted by Crippen LogP contribution is -2.45. The summed E-state index contributed by atoms with van der Waals surface area (Å²) in [6.45, 7) is 10.9. The molecule has 7 nitrogen and oxygen atoms in total. The molecule has 3 heterocycles. The summed E-state index contributed by atoms with van der Waals surface area (Å²) < 4.78 is 5.44. The number of carbonyl (C=O) groups is 2. The van der Waals surface area contributed by atoms with Crippen LogP contribution in [0.25, 0.3) is 0 Å². The van der Waals surface area contributed by atoms with E-state index < -0.39 is 5.60 Å². The molecule has 1 aromatic rings. The molecule has 2 amide bonds. The fourth-order valence-corrected chi connectivity index (χ4v) is 3.81. The van der Waals surface area contributed by atoms with Gasteiger partial charge in [0.1, 0.15) is 11.4 Å². The lowest BCUT2D eigenvalue weighted by molar-refractivity contribution is -0.121. The van der Waals surface area contributed by atoms with Gasteiger partial charge in [-0.2, -0.15) is 0 Å². The maximum Gasteiger partial charge on any atom is 0.410 e. The number of nitrogens with zero attached hydrogens (tertiary/aromatic N) is 3. The second-order valence-electron chi connectivity index (χ2n) is 9.33. The van der Waals surface area contributed by atoms with E-state index in [1.165, 1.54) is 12.8 Å². The maximum absolute atomic E-state index is 12.7. The minimum absolute atomic E-state index is 0.0698. The number of likely N-dealkylation sites (tertiary alicyclic amines) is 1. The predicted molar refractivity (Wildman–Crippen MR) is 114 cm³/mol. The molecule has 0 saturated carbocycles. The van der Waals surface area contributed by atoms with Crippen molar-refractivity contribution >= 4 is 23.5 Å². The minimum atomic E-state index is -0.536. The first-order valence-electron chi connectivity index (χ1n) is 10.7. The van der Waals surface area contributed by atoms with E-state index in [1.807, 2.05) is 32.9 Å². The van der Waals surface area contributed by atoms with Crippen molar-refractivity contribution in [2.75, 3.05) is 36.4 Å². The SMILES string of the molecule is CC1CCN(c2ccc(NC(=O)C3CCCN(C(=O)OC(C)(C)C)C3)cn2)CC1. The highest BCUT2D eigenvalue weighted by Crippen LogP contribution is 2.24. The molecule has 0 aromatic carbocycles. The van der Waals surface area contributed by atoms with Crippen molar-refractivity contribution in [1.29, 1.82) is 0 Å². The van der Waals surface area contributed by atoms with Crippen LogP contribution in [0.4, 0.5) is 16.3 Å². The molecule has 29 heavy (non-hydrogen) atoms. The van der Waals surface area contributed by atoms with E-state index >= 15 is 0 Å². The summed E-state index contributed by atoms with van der Waals surface area (Å²) in [4.78, 5) is 33.5. The molecule has 0 spiro atoms. The van der Waals surface area contributed by atoms with Crippen LogP contribution in [0.15, 0.2) is 18.3 Å². The van der Waals surface area contributed by atoms with Crippen LogP contribution in [0.1, 0.15) is 53.4 Å². The molecule has 2 aliphatic heterocycles. The largest absolute Gasteiger partial charge is 0.444 e. The molecule has 160 valence electrons. The van der Waals surface area contributed by atoms with Crippen molar-refractivity contribution in [2.24, 2.45) is 11.8 Å². The number of anilines is 2. The molecule has 1 aromatic heterocycles. The summed E-state index contributed by atoms with van der Waals surface area (Å²) in [5.74, 6) is 1.43. The van der Waals surface area contributed by atoms with E-state index in [0.717, 1.165) is 37.7 Å². The number of hydrogen-bond donors (Lipinski definition) is 1. The van der Waals surface area contributed by atoms with Crippen LogP contribution < -0.4 is 10.2 Å². The van der Waals surface area contributed by atoms with Gasteiger partial charge in [-0.25, -0.2) is 9.78 Å². The number of amides is 2. The third-order valence-corrected chi connectivity index (χ3v) is 5.57. The minimum Gasteiger partial charge on any atom is -0.444 e. The van der Waals surface area contributed by atoms with Gasteiger partial charge >= 0.3 is 6.09 Å². The predicted octanol–water partition coefficient (Wildman–Crippen LogP) is 3.90. The summed E-state index contributed by atoms with van der Waals surface area (Å²) in [7, 11) is 0. The quantitative estimate of drug-likeness (QED) is 0.830. The second-order valence-corrected chi connectivity index (χ2v) is 9.33. The lowest BCUT2D eigenvalue weighted by atomic mass is 9.97. The van der Waals surface area contributed by atoms with Gasteiger partial charge in [-0.05, 0) is 64.5 Å². The van der Waals surface area contributed by atoms with Crippen molar-refractivity contribution in [3.05, 3.63) is 18.3 Å². The summed E-state index contributed by atoms with van der Waals surface area (Å²) >= 11 is 0. The summed E-state index contributed by atoms with van der Waals surface area (Å²) in [5, 5.41) is 2.96. The van der Waals surface area contributed by atoms with Gasteiger partial charge in [0, 0.05) is 26.2 Å². The van der Waals surface area contributed by atoms with Crippen LogP contribution in [0.2, 0.25) is 0 Å². The molecule has 2 aliphatic rings. The molecule has 2 fully saturated rings. The first-order valence-corrected chi connectivity index (χ1v) is 10.7. The number of carbonyl (C=O) groups excluding carboxylic acids is 2. The monoisotopic (exact) mass is 402 g/mol. The third-order valence-electron chi connectivity index (χ3n) is 5.57. The molecule has 0 radical (unpaired) electrons. The Kier molecular flexibility index (Phi) is 6.65. The van der Waals surface area contributed by atoms with Gasteiger partial charge in [0.05, 0.1) is 17.8 Å². The number of hydrogen-bond acceptors (Lipinski definition) is 5. The smallest absolute Gasteiger partial charge is 0.410 e. The molecular weight excluding hydrogens is 368 g/mol. The number of rotatable bonds is 3. The number of ether oxygens (including phenoxy) is 1. The Balaban J connectivity index is 1.53. The van der Waals surface area contributed by atoms with Crippen LogP contribution in [-0.4, -0.2) is 53.7 Å². The van der Waals surface area contributed by atoms with Crippen molar-refractivity contribution in [1.82, 2.24) is 9.88 Å². The summed E-state index contributed by atoms with van der Waals surface area (Å²) in [6.07, 6.45) is 5.31. The highest BCUT2D eigenvalue weighted by molar-refractivity contribution is 5.93. The molecule has 0 aliphatic carbocycles. The third kappa shape index (κ3) is 6.08. The van der Waals surface area contributed by atoms with Crippen molar-refractivity contribution in [3.63, 3.8) is 0 Å². The van der Waals surface area contributed by atoms with Gasteiger partial charge in [-0.3, -0.25) is 4.79 Å². The zero-order valence-corrected chi connectivity index (χ0v) is 18.1. The first-order chi connectivity index (χ1) is 13.7. The Morgan fingerprint density at radius 1 is 1.14 bits per heavy atom. The fraction of sp³-hybridized carbons (Fsp3) is 0.682. The highest BCUT2D eigenvalue weighted by atomic mass is 16.6. The Morgan fingerprint density at radius 3 is 2.48 bits per heavy atom. The van der Waals surface area contributed by atoms with Crippen LogP contribution in [0, 0.1) is 11.8 Å². The zero-order chi connectivity index (χ0) is 21.0. The van der Waals surface area contributed by atoms with Gasteiger partial charge in [-0.15, -0.1) is 0 Å². The Hall–Kier alpha value is -2.31. The van der Waals surface area contributed by atoms with Crippen molar-refractivity contribution in [2.45, 2.75) is 59.0 Å². The fourth-order valence-electron chi connectivity index (χ4n) is 3.81. The van der Waals surface area contributed by atoms with Crippen LogP contribution in [0.5, 0.6) is 0 Å². The van der Waals surface area contributed by atoms with Gasteiger partial charge in [0.15, 0.2) is 0 Å². The number of aromatic nitrogens is 1. The van der Waals surface area contributed by atoms with E-state index in [4.69, 9.17) is 4.74 Å². The standard InChI is InChI=1S/C22H34N4O3/c1-16-9-12-25(13-10-16)19-8-7-18(14-23-19)24-20(27)17-6-5-11-26(15-17)21(28)29-22(2,3)4/h7-8,14,16-17H,5-6,9-13,15H2,1-4H3,(H,24,27). The van der Waals surface area contributed by atoms with Gasteiger partial charge in [-0.1, -0.05) is 6.92 Å². The topological polar surface area (TPSA) is 74.8 Å². The highest BCUT2D eigenvalue weighted by Gasteiger charge is 2.31. The zero-order valence-electron chi connectivity index (χ0n) is 18.1. The average Bonchev–Trinajstić information content (AvgIpc) is 2.68. The molecule has 0 bridgehead atoms. The second kappa shape index (κ2) is 9.01. The van der Waals surface area contributed by atoms with Gasteiger partial charge in [0.2, 0.25) is 5.91 Å². The number of piperidine rings is 2. The van der Waals surface area contributed by atoms with Gasteiger partial charge < -0.3 is 19.9 Å². The van der Waals surface area contributed by atoms with Crippen LogP contribution in [0.3, 0.4) is 0 Å². The number of nitrogens with one attached hydrogen (secondary N) is 1. The van der Waals surface area contributed by atoms with Crippen LogP contribution >= 0.6 is 0 Å². The Bertz CT molecular complexity index is 706. The molecule has 1 unspecified atom stereocenters. The Labute approximate surface area is 173 Å². The van der Waals surface area contributed by atoms with E-state index in [1.54, 1.807) is 11.1 Å². The molecule has 1 atom stereocenters. The molecule has 7 heteroatoms. The average molecular weight is 403 g/mol. The number of pyridine rings is 1. The summed E-state index contributed by atoms with van der Waals surface area (Å²) in [5.41, 5.74) is 0.157. The lowest BCUT2D eigenvalue weighted by Gasteiger charge is -2.33. The van der Waals surface area contributed by atoms with E-state index in [0.29, 0.717) is 18.8 Å². The van der Waals surface area contributed by atoms with E-state index in [-0.39, 0.29) is 17.9 Å². The van der Waals surface area contributed by atoms with E-state index in [9.17, 15) is 9.59 Å². The normalized spacial score (nSPS) is 21.0. The molecular formula is C22H34N4O3. The summed E-state index contributed by atoms with van der Waals surface area (Å²) in [6, 6.07) is 3.88. The van der Waals surface area contributed by atoms with Gasteiger partial charge in [0.25, 0.3) is 0 Å². The molecule has 2 saturated heterocycles. The maximum atomic E-state index is 12.7. The van der Waals surface area contributed by atoms with Crippen LogP contribution in [-0.2, 0) is 9.53 Å². The first kappa shape index (κ1) is 21.4.